The van der Waals surface area contributed by atoms with Gasteiger partial charge in [0.05, 0.1) is 19.3 Å². The molecule has 0 spiro atoms. The molecule has 1 heterocycles. The lowest BCUT2D eigenvalue weighted by atomic mass is 9.91. The standard InChI is InChI=1S/C53H104N2O5/c1-4-6-8-10-12-14-16-18-20-22-24-26-28-30-34-41-52(57)59-47-37-32-33-40-51(56)50(49-55-45-43-54(3)44-46-55)39-36-38-48-60-53(58)42-35-31-29-27-25-23-21-19-17-15-13-11-9-7-5-2/h50-51,56H,4-49H2,1-3H3. The van der Waals surface area contributed by atoms with Crippen LogP contribution in [0.2, 0.25) is 0 Å². The molecular weight excluding hydrogens is 745 g/mol. The van der Waals surface area contributed by atoms with E-state index in [4.69, 9.17) is 9.47 Å². The molecule has 1 aliphatic heterocycles. The number of rotatable bonds is 46. The molecule has 0 bridgehead atoms. The lowest BCUT2D eigenvalue weighted by molar-refractivity contribution is -0.144. The third-order valence-corrected chi connectivity index (χ3v) is 13.2. The van der Waals surface area contributed by atoms with Crippen molar-refractivity contribution in [1.29, 1.82) is 0 Å². The van der Waals surface area contributed by atoms with Gasteiger partial charge in [-0.25, -0.2) is 0 Å². The maximum Gasteiger partial charge on any atom is 0.305 e. The van der Waals surface area contributed by atoms with Gasteiger partial charge in [-0.3, -0.25) is 9.59 Å². The van der Waals surface area contributed by atoms with Crippen molar-refractivity contribution in [3.05, 3.63) is 0 Å². The minimum atomic E-state index is -0.329. The van der Waals surface area contributed by atoms with E-state index in [9.17, 15) is 14.7 Å². The molecule has 0 aromatic rings. The maximum absolute atomic E-state index is 12.4. The summed E-state index contributed by atoms with van der Waals surface area (Å²) in [6, 6.07) is 0. The second-order valence-electron chi connectivity index (χ2n) is 19.1. The highest BCUT2D eigenvalue weighted by Crippen LogP contribution is 2.21. The predicted molar refractivity (Wildman–Crippen MR) is 257 cm³/mol. The SMILES string of the molecule is CCCCCCCCCCCCCCCCCC(=O)OCCCCCC(O)C(CCCCOC(=O)CCCCCCCCCCCCCCCCC)CN1CCN(C)CC1. The zero-order chi connectivity index (χ0) is 43.4. The van der Waals surface area contributed by atoms with Crippen LogP contribution in [-0.2, 0) is 19.1 Å². The van der Waals surface area contributed by atoms with Gasteiger partial charge in [-0.1, -0.05) is 200 Å². The molecule has 0 aromatic heterocycles. The van der Waals surface area contributed by atoms with Crippen LogP contribution in [0, 0.1) is 5.92 Å². The van der Waals surface area contributed by atoms with E-state index in [0.717, 1.165) is 103 Å². The van der Waals surface area contributed by atoms with Gasteiger partial charge in [0.2, 0.25) is 0 Å². The van der Waals surface area contributed by atoms with Crippen molar-refractivity contribution in [2.45, 2.75) is 270 Å². The first-order valence-electron chi connectivity index (χ1n) is 26.9. The molecule has 0 amide bonds. The number of hydrogen-bond acceptors (Lipinski definition) is 7. The molecule has 2 atom stereocenters. The molecule has 1 rings (SSSR count). The molecule has 7 nitrogen and oxygen atoms in total. The van der Waals surface area contributed by atoms with Crippen LogP contribution in [0.5, 0.6) is 0 Å². The number of aliphatic hydroxyl groups is 1. The third-order valence-electron chi connectivity index (χ3n) is 13.2. The van der Waals surface area contributed by atoms with E-state index in [-0.39, 0.29) is 24.0 Å². The zero-order valence-corrected chi connectivity index (χ0v) is 40.7. The Bertz CT molecular complexity index is 910. The van der Waals surface area contributed by atoms with E-state index in [1.54, 1.807) is 0 Å². The Kier molecular flexibility index (Phi) is 42.1. The summed E-state index contributed by atoms with van der Waals surface area (Å²) in [6.07, 6.45) is 47.0. The Hall–Kier alpha value is -1.18. The second-order valence-corrected chi connectivity index (χ2v) is 19.1. The van der Waals surface area contributed by atoms with Crippen LogP contribution in [0.25, 0.3) is 0 Å². The summed E-state index contributed by atoms with van der Waals surface area (Å²) in [4.78, 5) is 29.5. The molecule has 0 saturated carbocycles. The highest BCUT2D eigenvalue weighted by atomic mass is 16.5. The van der Waals surface area contributed by atoms with E-state index in [1.807, 2.05) is 0 Å². The van der Waals surface area contributed by atoms with Gasteiger partial charge in [-0.15, -0.1) is 0 Å². The number of hydrogen-bond donors (Lipinski definition) is 1. The highest BCUT2D eigenvalue weighted by molar-refractivity contribution is 5.69. The van der Waals surface area contributed by atoms with Gasteiger partial charge in [-0.2, -0.15) is 0 Å². The molecule has 1 aliphatic rings. The molecule has 0 radical (unpaired) electrons. The topological polar surface area (TPSA) is 79.3 Å². The van der Waals surface area contributed by atoms with Crippen molar-refractivity contribution < 1.29 is 24.2 Å². The van der Waals surface area contributed by atoms with Crippen LogP contribution >= 0.6 is 0 Å². The summed E-state index contributed by atoms with van der Waals surface area (Å²) in [5.41, 5.74) is 0. The van der Waals surface area contributed by atoms with Crippen molar-refractivity contribution in [1.82, 2.24) is 9.80 Å². The van der Waals surface area contributed by atoms with E-state index in [1.165, 1.54) is 167 Å². The monoisotopic (exact) mass is 849 g/mol. The van der Waals surface area contributed by atoms with E-state index in [0.29, 0.717) is 26.1 Å². The molecule has 0 aromatic carbocycles. The number of carbonyl (C=O) groups excluding carboxylic acids is 2. The summed E-state index contributed by atoms with van der Waals surface area (Å²) in [5.74, 6) is 0.138. The Labute approximate surface area is 374 Å². The molecule has 2 unspecified atom stereocenters. The number of likely N-dealkylation sites (N-methyl/N-ethyl adjacent to an activating group) is 1. The normalized spacial score (nSPS) is 14.7. The molecule has 1 saturated heterocycles. The number of esters is 2. The number of unbranched alkanes of at least 4 members (excludes halogenated alkanes) is 31. The number of nitrogens with zero attached hydrogens (tertiary/aromatic N) is 2. The van der Waals surface area contributed by atoms with E-state index in [2.05, 4.69) is 30.7 Å². The number of ether oxygens (including phenoxy) is 2. The molecule has 356 valence electrons. The maximum atomic E-state index is 12.4. The van der Waals surface area contributed by atoms with Crippen molar-refractivity contribution in [3.8, 4) is 0 Å². The second kappa shape index (κ2) is 44.4. The Balaban J connectivity index is 2.07. The average molecular weight is 849 g/mol. The van der Waals surface area contributed by atoms with Crippen LogP contribution in [0.1, 0.15) is 264 Å². The number of aliphatic hydroxyl groups excluding tert-OH is 1. The average Bonchev–Trinajstić information content (AvgIpc) is 3.24. The Morgan fingerprint density at radius 2 is 0.750 bits per heavy atom. The third kappa shape index (κ3) is 38.5. The summed E-state index contributed by atoms with van der Waals surface area (Å²) >= 11 is 0. The van der Waals surface area contributed by atoms with E-state index >= 15 is 0 Å². The smallest absolute Gasteiger partial charge is 0.305 e. The fourth-order valence-electron chi connectivity index (χ4n) is 8.94. The first kappa shape index (κ1) is 56.8. The van der Waals surface area contributed by atoms with Crippen LogP contribution in [0.3, 0.4) is 0 Å². The quantitative estimate of drug-likeness (QED) is 0.0483. The molecule has 1 fully saturated rings. The van der Waals surface area contributed by atoms with Crippen molar-refractivity contribution in [2.75, 3.05) is 53.0 Å². The van der Waals surface area contributed by atoms with Gasteiger partial charge >= 0.3 is 11.9 Å². The lowest BCUT2D eigenvalue weighted by Gasteiger charge is -2.36. The summed E-state index contributed by atoms with van der Waals surface area (Å²) < 4.78 is 11.1. The Morgan fingerprint density at radius 3 is 1.13 bits per heavy atom. The molecule has 1 N–H and O–H groups in total. The first-order chi connectivity index (χ1) is 29.5. The van der Waals surface area contributed by atoms with Crippen LogP contribution in [-0.4, -0.2) is 85.9 Å². The lowest BCUT2D eigenvalue weighted by Crippen LogP contribution is -2.47. The van der Waals surface area contributed by atoms with Gasteiger partial charge in [0.25, 0.3) is 0 Å². The van der Waals surface area contributed by atoms with Crippen LogP contribution in [0.4, 0.5) is 0 Å². The zero-order valence-electron chi connectivity index (χ0n) is 40.7. The van der Waals surface area contributed by atoms with Gasteiger partial charge in [-0.05, 0) is 64.3 Å². The van der Waals surface area contributed by atoms with Crippen molar-refractivity contribution in [2.24, 2.45) is 5.92 Å². The highest BCUT2D eigenvalue weighted by Gasteiger charge is 2.24. The Morgan fingerprint density at radius 1 is 0.433 bits per heavy atom. The van der Waals surface area contributed by atoms with Crippen molar-refractivity contribution in [3.63, 3.8) is 0 Å². The fourth-order valence-corrected chi connectivity index (χ4v) is 8.94. The molecule has 7 heteroatoms. The van der Waals surface area contributed by atoms with Crippen LogP contribution in [0.15, 0.2) is 0 Å². The number of carbonyl (C=O) groups is 2. The first-order valence-corrected chi connectivity index (χ1v) is 26.9. The summed E-state index contributed by atoms with van der Waals surface area (Å²) in [5, 5.41) is 11.3. The number of piperazine rings is 1. The minimum absolute atomic E-state index is 0.0468. The van der Waals surface area contributed by atoms with Crippen LogP contribution < -0.4 is 0 Å². The fraction of sp³-hybridized carbons (Fsp3) is 0.962. The minimum Gasteiger partial charge on any atom is -0.466 e. The van der Waals surface area contributed by atoms with Crippen molar-refractivity contribution >= 4 is 11.9 Å². The predicted octanol–water partition coefficient (Wildman–Crippen LogP) is 14.6. The molecule has 60 heavy (non-hydrogen) atoms. The summed E-state index contributed by atoms with van der Waals surface area (Å²) in [6.45, 7) is 10.8. The van der Waals surface area contributed by atoms with Gasteiger partial charge in [0.15, 0.2) is 0 Å². The molecule has 0 aliphatic carbocycles. The van der Waals surface area contributed by atoms with E-state index < -0.39 is 0 Å². The summed E-state index contributed by atoms with van der Waals surface area (Å²) in [7, 11) is 2.18. The van der Waals surface area contributed by atoms with Gasteiger partial charge < -0.3 is 24.4 Å². The largest absolute Gasteiger partial charge is 0.466 e. The van der Waals surface area contributed by atoms with Gasteiger partial charge in [0.1, 0.15) is 0 Å². The van der Waals surface area contributed by atoms with Gasteiger partial charge in [0, 0.05) is 45.6 Å². The molecular formula is C53H104N2O5.